The lowest BCUT2D eigenvalue weighted by molar-refractivity contribution is -0.139. The molecule has 34 heavy (non-hydrogen) atoms. The number of rotatable bonds is 13. The molecule has 0 radical (unpaired) electrons. The number of carboxylic acid groups (broad SMARTS) is 2. The van der Waals surface area contributed by atoms with Crippen LogP contribution in [0.15, 0.2) is 9.98 Å². The summed E-state index contributed by atoms with van der Waals surface area (Å²) >= 11 is 0.792. The number of aliphatic hydroxyl groups is 1. The molecule has 1 heterocycles. The lowest BCUT2D eigenvalue weighted by atomic mass is 10.1. The minimum atomic E-state index is -1.87. The molecule has 0 aromatic carbocycles. The van der Waals surface area contributed by atoms with Crippen LogP contribution in [0.3, 0.4) is 0 Å². The summed E-state index contributed by atoms with van der Waals surface area (Å²) in [5, 5.41) is 39.7. The fraction of sp³-hybridized carbons (Fsp3) is 0.667. The third kappa shape index (κ3) is 10.7. The summed E-state index contributed by atoms with van der Waals surface area (Å²) in [7, 11) is 0. The topological polar surface area (TPSA) is 240 Å². The van der Waals surface area contributed by atoms with Crippen LogP contribution >= 0.6 is 11.8 Å². The molecule has 0 aromatic heterocycles. The molecule has 16 heteroatoms. The maximum atomic E-state index is 12.5. The van der Waals surface area contributed by atoms with E-state index in [0.717, 1.165) is 11.8 Å². The first-order valence-electron chi connectivity index (χ1n) is 10.4. The van der Waals surface area contributed by atoms with Gasteiger partial charge in [-0.1, -0.05) is 11.8 Å². The van der Waals surface area contributed by atoms with Crippen LogP contribution in [0.4, 0.5) is 0 Å². The Morgan fingerprint density at radius 3 is 2.38 bits per heavy atom. The molecule has 10 N–H and O–H groups in total. The molecule has 0 aromatic rings. The summed E-state index contributed by atoms with van der Waals surface area (Å²) in [5.74, 6) is -3.76. The molecular weight excluding hydrogens is 472 g/mol. The number of amides is 2. The number of hydrogen-bond acceptors (Lipinski definition) is 9. The van der Waals surface area contributed by atoms with Crippen LogP contribution < -0.4 is 32.3 Å². The number of nitrogens with two attached hydrogens (primary N) is 1. The number of nitrogens with one attached hydrogen (secondary N) is 5. The van der Waals surface area contributed by atoms with Gasteiger partial charge in [-0.3, -0.25) is 34.5 Å². The number of thioether (sulfide) groups is 1. The first-order valence-corrected chi connectivity index (χ1v) is 11.4. The molecule has 3 unspecified atom stereocenters. The van der Waals surface area contributed by atoms with Gasteiger partial charge in [0, 0.05) is 24.8 Å². The largest absolute Gasteiger partial charge is 0.480 e. The predicted molar refractivity (Wildman–Crippen MR) is 125 cm³/mol. The number of aliphatic carboxylic acids is 2. The van der Waals surface area contributed by atoms with E-state index in [-0.39, 0.29) is 36.6 Å². The minimum Gasteiger partial charge on any atom is -0.480 e. The van der Waals surface area contributed by atoms with Crippen molar-refractivity contribution in [1.29, 1.82) is 0 Å². The van der Waals surface area contributed by atoms with Gasteiger partial charge in [-0.25, -0.2) is 0 Å². The average molecular weight is 505 g/mol. The molecule has 0 saturated carbocycles. The van der Waals surface area contributed by atoms with Crippen molar-refractivity contribution < 1.29 is 34.5 Å². The highest BCUT2D eigenvalue weighted by Crippen LogP contribution is 2.19. The van der Waals surface area contributed by atoms with Gasteiger partial charge >= 0.3 is 11.9 Å². The van der Waals surface area contributed by atoms with Crippen LogP contribution in [0.5, 0.6) is 0 Å². The van der Waals surface area contributed by atoms with Gasteiger partial charge in [-0.05, 0) is 27.2 Å². The number of carboxylic acids is 2. The number of carbonyl (C=O) groups excluding carboxylic acids is 2. The molecule has 1 fully saturated rings. The van der Waals surface area contributed by atoms with Gasteiger partial charge in [0.15, 0.2) is 0 Å². The summed E-state index contributed by atoms with van der Waals surface area (Å²) in [4.78, 5) is 54.8. The van der Waals surface area contributed by atoms with Gasteiger partial charge in [0.2, 0.25) is 23.7 Å². The molecule has 0 spiro atoms. The van der Waals surface area contributed by atoms with Crippen molar-refractivity contribution >= 4 is 47.4 Å². The highest BCUT2D eigenvalue weighted by atomic mass is 32.2. The van der Waals surface area contributed by atoms with E-state index in [2.05, 4.69) is 36.6 Å². The Kier molecular flexibility index (Phi) is 11.5. The fourth-order valence-electron chi connectivity index (χ4n) is 2.51. The smallest absolute Gasteiger partial charge is 0.322 e. The average Bonchev–Trinajstić information content (AvgIpc) is 2.72. The fourth-order valence-corrected chi connectivity index (χ4v) is 3.49. The van der Waals surface area contributed by atoms with Gasteiger partial charge in [0.05, 0.1) is 0 Å². The minimum absolute atomic E-state index is 0.115. The van der Waals surface area contributed by atoms with Gasteiger partial charge in [-0.15, -0.1) is 0 Å². The van der Waals surface area contributed by atoms with Crippen molar-refractivity contribution in [2.45, 2.75) is 56.9 Å². The number of guanidine groups is 2. The zero-order chi connectivity index (χ0) is 25.9. The van der Waals surface area contributed by atoms with E-state index in [1.165, 1.54) is 0 Å². The lowest BCUT2D eigenvalue weighted by Gasteiger charge is -2.37. The summed E-state index contributed by atoms with van der Waals surface area (Å²) in [5.41, 5.74) is 5.39. The standard InChI is InChI=1S/C18H32N8O7S/c1-4-20-16-24-17(22-9(2)3)26-18(33,25-16)34-8-11(14(30)21-7-13(28)29)23-12(27)6-5-10(19)15(31)32/h9-11,33H,4-8,19H2,1-3H3,(H,21,30)(H,23,27)(H,28,29)(H,31,32)(H3,20,22,24,25,26). The second-order valence-electron chi connectivity index (χ2n) is 7.44. The summed E-state index contributed by atoms with van der Waals surface area (Å²) < 4.78 is 0. The van der Waals surface area contributed by atoms with Crippen molar-refractivity contribution in [3.05, 3.63) is 0 Å². The van der Waals surface area contributed by atoms with Crippen molar-refractivity contribution in [3.63, 3.8) is 0 Å². The molecule has 2 amide bonds. The Balaban J connectivity index is 2.94. The van der Waals surface area contributed by atoms with E-state index in [1.807, 2.05) is 13.8 Å². The van der Waals surface area contributed by atoms with E-state index in [1.54, 1.807) is 6.92 Å². The molecule has 0 aliphatic carbocycles. The van der Waals surface area contributed by atoms with E-state index in [0.29, 0.717) is 6.54 Å². The maximum absolute atomic E-state index is 12.5. The summed E-state index contributed by atoms with van der Waals surface area (Å²) in [6.07, 6.45) is -0.438. The normalized spacial score (nSPS) is 21.7. The summed E-state index contributed by atoms with van der Waals surface area (Å²) in [6.45, 7) is 5.17. The van der Waals surface area contributed by atoms with Crippen molar-refractivity contribution in [3.8, 4) is 0 Å². The summed E-state index contributed by atoms with van der Waals surface area (Å²) in [6, 6.07) is -2.62. The van der Waals surface area contributed by atoms with Crippen molar-refractivity contribution in [2.24, 2.45) is 15.7 Å². The van der Waals surface area contributed by atoms with Crippen molar-refractivity contribution in [2.75, 3.05) is 18.8 Å². The molecular formula is C18H32N8O7S. The Hall–Kier alpha value is -3.11. The maximum Gasteiger partial charge on any atom is 0.322 e. The highest BCUT2D eigenvalue weighted by molar-refractivity contribution is 8.00. The van der Waals surface area contributed by atoms with Gasteiger partial charge in [-0.2, -0.15) is 0 Å². The predicted octanol–water partition coefficient (Wildman–Crippen LogP) is -2.88. The quantitative estimate of drug-likeness (QED) is 0.115. The monoisotopic (exact) mass is 504 g/mol. The third-order valence-electron chi connectivity index (χ3n) is 4.04. The molecule has 0 bridgehead atoms. The SMILES string of the molecule is CCN=C1NC(=NC(C)C)NC(O)(SCC(NC(=O)CCC(N)C(=O)O)C(=O)NCC(=O)O)N1. The number of carbonyl (C=O) groups is 4. The highest BCUT2D eigenvalue weighted by Gasteiger charge is 2.37. The van der Waals surface area contributed by atoms with Crippen LogP contribution in [0.25, 0.3) is 0 Å². The molecule has 1 saturated heterocycles. The Morgan fingerprint density at radius 2 is 1.82 bits per heavy atom. The van der Waals surface area contributed by atoms with Crippen LogP contribution in [-0.2, 0) is 19.2 Å². The van der Waals surface area contributed by atoms with Gasteiger partial charge in [0.25, 0.3) is 5.18 Å². The third-order valence-corrected chi connectivity index (χ3v) is 5.16. The Labute approximate surface area is 200 Å². The van der Waals surface area contributed by atoms with Crippen LogP contribution in [-0.4, -0.2) is 93.1 Å². The second kappa shape index (κ2) is 13.6. The van der Waals surface area contributed by atoms with Crippen LogP contribution in [0.2, 0.25) is 0 Å². The Morgan fingerprint density at radius 1 is 1.18 bits per heavy atom. The molecule has 3 atom stereocenters. The Bertz CT molecular complexity index is 822. The first kappa shape index (κ1) is 28.9. The molecule has 1 rings (SSSR count). The van der Waals surface area contributed by atoms with Gasteiger partial charge < -0.3 is 42.3 Å². The lowest BCUT2D eigenvalue weighted by Crippen LogP contribution is -2.70. The molecule has 1 aliphatic rings. The van der Waals surface area contributed by atoms with E-state index >= 15 is 0 Å². The van der Waals surface area contributed by atoms with Crippen LogP contribution in [0.1, 0.15) is 33.6 Å². The number of nitrogens with zero attached hydrogens (tertiary/aromatic N) is 2. The van der Waals surface area contributed by atoms with Gasteiger partial charge in [0.1, 0.15) is 18.6 Å². The zero-order valence-electron chi connectivity index (χ0n) is 19.1. The first-order chi connectivity index (χ1) is 15.8. The van der Waals surface area contributed by atoms with E-state index < -0.39 is 47.6 Å². The van der Waals surface area contributed by atoms with Crippen LogP contribution in [0, 0.1) is 0 Å². The second-order valence-corrected chi connectivity index (χ2v) is 8.65. The molecule has 1 aliphatic heterocycles. The molecule has 192 valence electrons. The molecule has 15 nitrogen and oxygen atoms in total. The number of hydrogen-bond donors (Lipinski definition) is 9. The zero-order valence-corrected chi connectivity index (χ0v) is 19.9. The van der Waals surface area contributed by atoms with E-state index in [9.17, 15) is 24.3 Å². The van der Waals surface area contributed by atoms with E-state index in [4.69, 9.17) is 15.9 Å². The van der Waals surface area contributed by atoms with Crippen molar-refractivity contribution in [1.82, 2.24) is 26.6 Å². The number of aliphatic imine (C=N–C) groups is 2.